The predicted octanol–water partition coefficient (Wildman–Crippen LogP) is 3.03. The SMILES string of the molecule is COc1ccccc1NC(=S)NN=Cc1ccc(OC)c(OC)c1. The number of hydrogen-bond acceptors (Lipinski definition) is 5. The fraction of sp³-hybridized carbons (Fsp3) is 0.176. The molecule has 0 radical (unpaired) electrons. The molecule has 0 unspecified atom stereocenters. The zero-order chi connectivity index (χ0) is 17.4. The van der Waals surface area contributed by atoms with Crippen LogP contribution in [0.1, 0.15) is 5.56 Å². The number of nitrogens with zero attached hydrogens (tertiary/aromatic N) is 1. The Balaban J connectivity index is 1.97. The second-order valence-electron chi connectivity index (χ2n) is 4.64. The number of benzene rings is 2. The Morgan fingerprint density at radius 2 is 1.67 bits per heavy atom. The van der Waals surface area contributed by atoms with E-state index in [4.69, 9.17) is 26.4 Å². The van der Waals surface area contributed by atoms with E-state index in [1.807, 2.05) is 42.5 Å². The summed E-state index contributed by atoms with van der Waals surface area (Å²) >= 11 is 5.21. The first-order valence-electron chi connectivity index (χ1n) is 7.13. The van der Waals surface area contributed by atoms with Gasteiger partial charge in [0.2, 0.25) is 0 Å². The highest BCUT2D eigenvalue weighted by Crippen LogP contribution is 2.26. The van der Waals surface area contributed by atoms with E-state index < -0.39 is 0 Å². The minimum absolute atomic E-state index is 0.358. The fourth-order valence-corrected chi connectivity index (χ4v) is 2.16. The van der Waals surface area contributed by atoms with Crippen LogP contribution in [0.15, 0.2) is 47.6 Å². The van der Waals surface area contributed by atoms with Crippen molar-refractivity contribution in [2.45, 2.75) is 0 Å². The van der Waals surface area contributed by atoms with Crippen molar-refractivity contribution >= 4 is 29.2 Å². The van der Waals surface area contributed by atoms with Gasteiger partial charge in [0.15, 0.2) is 16.6 Å². The standard InChI is InChI=1S/C17H19N3O3S/c1-21-14-7-5-4-6-13(14)19-17(24)20-18-11-12-8-9-15(22-2)16(10-12)23-3/h4-11H,1-3H3,(H2,19,20,24). The maximum absolute atomic E-state index is 5.25. The van der Waals surface area contributed by atoms with Crippen LogP contribution < -0.4 is 25.0 Å². The van der Waals surface area contributed by atoms with Crippen LogP contribution in [0.2, 0.25) is 0 Å². The van der Waals surface area contributed by atoms with Gasteiger partial charge in [0.1, 0.15) is 5.75 Å². The van der Waals surface area contributed by atoms with E-state index in [1.165, 1.54) is 0 Å². The average Bonchev–Trinajstić information content (AvgIpc) is 2.62. The van der Waals surface area contributed by atoms with E-state index in [2.05, 4.69) is 15.8 Å². The van der Waals surface area contributed by atoms with Gasteiger partial charge in [0, 0.05) is 0 Å². The van der Waals surface area contributed by atoms with E-state index in [-0.39, 0.29) is 0 Å². The summed E-state index contributed by atoms with van der Waals surface area (Å²) < 4.78 is 15.7. The van der Waals surface area contributed by atoms with Crippen LogP contribution in [0.4, 0.5) is 5.69 Å². The average molecular weight is 345 g/mol. The summed E-state index contributed by atoms with van der Waals surface area (Å²) in [5.41, 5.74) is 4.37. The molecule has 0 aliphatic heterocycles. The van der Waals surface area contributed by atoms with Crippen molar-refractivity contribution in [2.75, 3.05) is 26.6 Å². The lowest BCUT2D eigenvalue weighted by Crippen LogP contribution is -2.24. The molecular formula is C17H19N3O3S. The number of hydrazone groups is 1. The smallest absolute Gasteiger partial charge is 0.191 e. The Labute approximate surface area is 146 Å². The Hall–Kier alpha value is -2.80. The topological polar surface area (TPSA) is 64.1 Å². The van der Waals surface area contributed by atoms with Gasteiger partial charge in [-0.15, -0.1) is 0 Å². The molecule has 0 aliphatic rings. The molecule has 0 atom stereocenters. The quantitative estimate of drug-likeness (QED) is 0.477. The van der Waals surface area contributed by atoms with Crippen molar-refractivity contribution in [3.63, 3.8) is 0 Å². The van der Waals surface area contributed by atoms with Crippen molar-refractivity contribution in [1.29, 1.82) is 0 Å². The van der Waals surface area contributed by atoms with E-state index in [0.29, 0.717) is 22.4 Å². The molecule has 6 nitrogen and oxygen atoms in total. The first kappa shape index (κ1) is 17.6. The van der Waals surface area contributed by atoms with Gasteiger partial charge in [0.25, 0.3) is 0 Å². The molecule has 126 valence electrons. The van der Waals surface area contributed by atoms with Gasteiger partial charge >= 0.3 is 0 Å². The van der Waals surface area contributed by atoms with E-state index in [1.54, 1.807) is 27.5 Å². The Morgan fingerprint density at radius 3 is 2.38 bits per heavy atom. The number of para-hydroxylation sites is 2. The molecule has 0 aliphatic carbocycles. The number of rotatable bonds is 6. The number of methoxy groups -OCH3 is 3. The van der Waals surface area contributed by atoms with Gasteiger partial charge in [-0.25, -0.2) is 0 Å². The predicted molar refractivity (Wildman–Crippen MR) is 99.5 cm³/mol. The van der Waals surface area contributed by atoms with Crippen LogP contribution in [0.25, 0.3) is 0 Å². The first-order chi connectivity index (χ1) is 11.7. The van der Waals surface area contributed by atoms with Crippen molar-refractivity contribution < 1.29 is 14.2 Å². The van der Waals surface area contributed by atoms with Crippen LogP contribution in [0, 0.1) is 0 Å². The number of thiocarbonyl (C=S) groups is 1. The Morgan fingerprint density at radius 1 is 0.958 bits per heavy atom. The van der Waals surface area contributed by atoms with Gasteiger partial charge in [-0.2, -0.15) is 5.10 Å². The molecule has 2 N–H and O–H groups in total. The molecule has 0 spiro atoms. The van der Waals surface area contributed by atoms with Crippen molar-refractivity contribution in [3.8, 4) is 17.2 Å². The molecule has 2 rings (SSSR count). The highest BCUT2D eigenvalue weighted by Gasteiger charge is 2.04. The third-order valence-corrected chi connectivity index (χ3v) is 3.34. The molecule has 2 aromatic rings. The summed E-state index contributed by atoms with van der Waals surface area (Å²) in [6, 6.07) is 13.0. The largest absolute Gasteiger partial charge is 0.495 e. The maximum atomic E-state index is 5.25. The number of anilines is 1. The lowest BCUT2D eigenvalue weighted by molar-refractivity contribution is 0.355. The molecule has 0 aromatic heterocycles. The normalized spacial score (nSPS) is 10.3. The molecule has 7 heteroatoms. The minimum atomic E-state index is 0.358. The van der Waals surface area contributed by atoms with Crippen molar-refractivity contribution in [3.05, 3.63) is 48.0 Å². The van der Waals surface area contributed by atoms with Gasteiger partial charge in [-0.1, -0.05) is 12.1 Å². The van der Waals surface area contributed by atoms with Crippen molar-refractivity contribution in [2.24, 2.45) is 5.10 Å². The molecule has 0 saturated heterocycles. The van der Waals surface area contributed by atoms with Crippen LogP contribution >= 0.6 is 12.2 Å². The number of ether oxygens (including phenoxy) is 3. The Kier molecular flexibility index (Phi) is 6.39. The molecule has 0 amide bonds. The van der Waals surface area contributed by atoms with E-state index >= 15 is 0 Å². The highest BCUT2D eigenvalue weighted by molar-refractivity contribution is 7.80. The summed E-state index contributed by atoms with van der Waals surface area (Å²) in [4.78, 5) is 0. The monoisotopic (exact) mass is 345 g/mol. The van der Waals surface area contributed by atoms with Crippen LogP contribution in [-0.4, -0.2) is 32.7 Å². The third kappa shape index (κ3) is 4.60. The lowest BCUT2D eigenvalue weighted by atomic mass is 10.2. The van der Waals surface area contributed by atoms with E-state index in [0.717, 1.165) is 11.3 Å². The molecule has 2 aromatic carbocycles. The summed E-state index contributed by atoms with van der Waals surface area (Å²) in [6.07, 6.45) is 1.64. The summed E-state index contributed by atoms with van der Waals surface area (Å²) in [6.45, 7) is 0. The maximum Gasteiger partial charge on any atom is 0.191 e. The summed E-state index contributed by atoms with van der Waals surface area (Å²) in [7, 11) is 4.78. The summed E-state index contributed by atoms with van der Waals surface area (Å²) in [5.74, 6) is 2.00. The van der Waals surface area contributed by atoms with Gasteiger partial charge in [-0.3, -0.25) is 5.43 Å². The summed E-state index contributed by atoms with van der Waals surface area (Å²) in [5, 5.41) is 7.49. The third-order valence-electron chi connectivity index (χ3n) is 3.14. The molecule has 0 fully saturated rings. The Bertz CT molecular complexity index is 735. The van der Waals surface area contributed by atoms with Crippen LogP contribution in [0.5, 0.6) is 17.2 Å². The lowest BCUT2D eigenvalue weighted by Gasteiger charge is -2.11. The second kappa shape index (κ2) is 8.73. The van der Waals surface area contributed by atoms with Crippen LogP contribution in [-0.2, 0) is 0 Å². The molecule has 0 bridgehead atoms. The molecule has 0 saturated carbocycles. The first-order valence-corrected chi connectivity index (χ1v) is 7.54. The fourth-order valence-electron chi connectivity index (χ4n) is 2.00. The molecule has 24 heavy (non-hydrogen) atoms. The molecular weight excluding hydrogens is 326 g/mol. The zero-order valence-electron chi connectivity index (χ0n) is 13.7. The number of nitrogens with one attached hydrogen (secondary N) is 2. The van der Waals surface area contributed by atoms with Gasteiger partial charge in [0.05, 0.1) is 33.2 Å². The highest BCUT2D eigenvalue weighted by atomic mass is 32.1. The minimum Gasteiger partial charge on any atom is -0.495 e. The second-order valence-corrected chi connectivity index (χ2v) is 5.05. The number of hydrogen-bond donors (Lipinski definition) is 2. The molecule has 0 heterocycles. The van der Waals surface area contributed by atoms with E-state index in [9.17, 15) is 0 Å². The van der Waals surface area contributed by atoms with Crippen LogP contribution in [0.3, 0.4) is 0 Å². The zero-order valence-corrected chi connectivity index (χ0v) is 14.5. The van der Waals surface area contributed by atoms with Gasteiger partial charge in [-0.05, 0) is 48.1 Å². The van der Waals surface area contributed by atoms with Gasteiger partial charge < -0.3 is 19.5 Å². The van der Waals surface area contributed by atoms with Crippen molar-refractivity contribution in [1.82, 2.24) is 5.43 Å².